The minimum atomic E-state index is 0.0650. The summed E-state index contributed by atoms with van der Waals surface area (Å²) in [6.07, 6.45) is 6.42. The van der Waals surface area contributed by atoms with Gasteiger partial charge in [-0.3, -0.25) is 4.79 Å². The third-order valence-corrected chi connectivity index (χ3v) is 4.28. The zero-order valence-corrected chi connectivity index (χ0v) is 10.7. The zero-order chi connectivity index (χ0) is 12.3. The van der Waals surface area contributed by atoms with Gasteiger partial charge in [0.25, 0.3) is 0 Å². The first-order valence-corrected chi connectivity index (χ1v) is 6.89. The minimum Gasteiger partial charge on any atom is -0.341 e. The van der Waals surface area contributed by atoms with Crippen LogP contribution in [0.3, 0.4) is 0 Å². The van der Waals surface area contributed by atoms with Crippen molar-refractivity contribution in [3.05, 3.63) is 0 Å². The molecule has 0 spiro atoms. The van der Waals surface area contributed by atoms with Crippen molar-refractivity contribution in [2.45, 2.75) is 45.4 Å². The lowest BCUT2D eigenvalue weighted by Crippen LogP contribution is -2.43. The molecule has 17 heavy (non-hydrogen) atoms. The Morgan fingerprint density at radius 3 is 2.59 bits per heavy atom. The molecule has 0 N–H and O–H groups in total. The average Bonchev–Trinajstić information content (AvgIpc) is 2.39. The number of rotatable bonds is 1. The number of carbonyl (C=O) groups is 1. The molecule has 0 aromatic heterocycles. The molecule has 2 rings (SSSR count). The van der Waals surface area contributed by atoms with Gasteiger partial charge in [0, 0.05) is 19.0 Å². The summed E-state index contributed by atoms with van der Waals surface area (Å²) in [6, 6.07) is 2.30. The number of piperidine rings is 1. The molecule has 0 aromatic carbocycles. The van der Waals surface area contributed by atoms with Crippen LogP contribution >= 0.6 is 0 Å². The van der Waals surface area contributed by atoms with Crippen LogP contribution in [0.5, 0.6) is 0 Å². The number of hydrogen-bond donors (Lipinski definition) is 0. The predicted molar refractivity (Wildman–Crippen MR) is 66.0 cm³/mol. The minimum absolute atomic E-state index is 0.0650. The molecule has 1 unspecified atom stereocenters. The molecule has 1 aliphatic carbocycles. The Morgan fingerprint density at radius 2 is 1.94 bits per heavy atom. The molecule has 0 bridgehead atoms. The second-order valence-corrected chi connectivity index (χ2v) is 5.71. The molecular formula is C14H22N2O. The molecule has 0 radical (unpaired) electrons. The average molecular weight is 234 g/mol. The van der Waals surface area contributed by atoms with Gasteiger partial charge in [0.05, 0.1) is 12.0 Å². The van der Waals surface area contributed by atoms with Gasteiger partial charge in [0.2, 0.25) is 5.91 Å². The van der Waals surface area contributed by atoms with Gasteiger partial charge in [0.15, 0.2) is 0 Å². The van der Waals surface area contributed by atoms with E-state index in [-0.39, 0.29) is 11.8 Å². The Balaban J connectivity index is 1.89. The summed E-state index contributed by atoms with van der Waals surface area (Å²) < 4.78 is 0. The molecule has 0 aromatic rings. The molecule has 3 nitrogen and oxygen atoms in total. The van der Waals surface area contributed by atoms with Crippen LogP contribution in [0.2, 0.25) is 0 Å². The highest BCUT2D eigenvalue weighted by atomic mass is 16.2. The quantitative estimate of drug-likeness (QED) is 0.700. The first kappa shape index (κ1) is 12.4. The van der Waals surface area contributed by atoms with Crippen molar-refractivity contribution < 1.29 is 4.79 Å². The first-order chi connectivity index (χ1) is 8.20. The molecule has 3 heteroatoms. The van der Waals surface area contributed by atoms with E-state index >= 15 is 0 Å². The molecule has 2 aliphatic rings. The molecular weight excluding hydrogens is 212 g/mol. The SMILES string of the molecule is CC1CCC(C(=O)N2CCCC(C#N)C2)CC1. The number of nitrogens with zero attached hydrogens (tertiary/aromatic N) is 2. The fraction of sp³-hybridized carbons (Fsp3) is 0.857. The normalized spacial score (nSPS) is 34.1. The second kappa shape index (κ2) is 5.53. The van der Waals surface area contributed by atoms with E-state index in [4.69, 9.17) is 5.26 Å². The van der Waals surface area contributed by atoms with Gasteiger partial charge in [-0.05, 0) is 44.4 Å². The number of nitriles is 1. The van der Waals surface area contributed by atoms with Crippen LogP contribution in [0.25, 0.3) is 0 Å². The molecule has 1 amide bonds. The second-order valence-electron chi connectivity index (χ2n) is 5.71. The Morgan fingerprint density at radius 1 is 1.24 bits per heavy atom. The maximum Gasteiger partial charge on any atom is 0.225 e. The van der Waals surface area contributed by atoms with Crippen molar-refractivity contribution in [3.63, 3.8) is 0 Å². The molecule has 1 heterocycles. The largest absolute Gasteiger partial charge is 0.341 e. The number of likely N-dealkylation sites (tertiary alicyclic amines) is 1. The van der Waals surface area contributed by atoms with E-state index in [0.717, 1.165) is 38.1 Å². The van der Waals surface area contributed by atoms with E-state index in [1.165, 1.54) is 12.8 Å². The lowest BCUT2D eigenvalue weighted by Gasteiger charge is -2.34. The number of amides is 1. The highest BCUT2D eigenvalue weighted by molar-refractivity contribution is 5.79. The summed E-state index contributed by atoms with van der Waals surface area (Å²) in [5, 5.41) is 8.95. The smallest absolute Gasteiger partial charge is 0.225 e. The summed E-state index contributed by atoms with van der Waals surface area (Å²) >= 11 is 0. The van der Waals surface area contributed by atoms with Crippen molar-refractivity contribution in [2.75, 3.05) is 13.1 Å². The van der Waals surface area contributed by atoms with Gasteiger partial charge in [0.1, 0.15) is 0 Å². The topological polar surface area (TPSA) is 44.1 Å². The zero-order valence-electron chi connectivity index (χ0n) is 10.7. The van der Waals surface area contributed by atoms with Crippen LogP contribution in [-0.4, -0.2) is 23.9 Å². The molecule has 1 saturated carbocycles. The summed E-state index contributed by atoms with van der Waals surface area (Å²) in [4.78, 5) is 14.3. The van der Waals surface area contributed by atoms with E-state index < -0.39 is 0 Å². The van der Waals surface area contributed by atoms with Crippen LogP contribution in [0, 0.1) is 29.1 Å². The summed E-state index contributed by atoms with van der Waals surface area (Å²) in [6.45, 7) is 3.80. The van der Waals surface area contributed by atoms with Crippen molar-refractivity contribution in [1.29, 1.82) is 5.26 Å². The maximum atomic E-state index is 12.3. The standard InChI is InChI=1S/C14H22N2O/c1-11-4-6-13(7-5-11)14(17)16-8-2-3-12(9-15)10-16/h11-13H,2-8,10H2,1H3. The third kappa shape index (κ3) is 3.00. The fourth-order valence-corrected chi connectivity index (χ4v) is 3.05. The van der Waals surface area contributed by atoms with Gasteiger partial charge in [-0.2, -0.15) is 5.26 Å². The first-order valence-electron chi connectivity index (χ1n) is 6.89. The summed E-state index contributed by atoms with van der Waals surface area (Å²) in [5.41, 5.74) is 0. The summed E-state index contributed by atoms with van der Waals surface area (Å²) in [7, 11) is 0. The third-order valence-electron chi connectivity index (χ3n) is 4.28. The fourth-order valence-electron chi connectivity index (χ4n) is 3.05. The van der Waals surface area contributed by atoms with Gasteiger partial charge < -0.3 is 4.90 Å². The van der Waals surface area contributed by atoms with Crippen molar-refractivity contribution in [1.82, 2.24) is 4.90 Å². The van der Waals surface area contributed by atoms with E-state index in [9.17, 15) is 4.79 Å². The van der Waals surface area contributed by atoms with E-state index in [1.807, 2.05) is 4.90 Å². The van der Waals surface area contributed by atoms with Crippen LogP contribution in [0.1, 0.15) is 45.4 Å². The molecule has 94 valence electrons. The van der Waals surface area contributed by atoms with Crippen LogP contribution < -0.4 is 0 Å². The molecule has 2 fully saturated rings. The van der Waals surface area contributed by atoms with Crippen molar-refractivity contribution in [2.24, 2.45) is 17.8 Å². The van der Waals surface area contributed by atoms with E-state index in [2.05, 4.69) is 13.0 Å². The maximum absolute atomic E-state index is 12.3. The highest BCUT2D eigenvalue weighted by Crippen LogP contribution is 2.30. The number of carbonyl (C=O) groups excluding carboxylic acids is 1. The van der Waals surface area contributed by atoms with Crippen LogP contribution in [0.4, 0.5) is 0 Å². The summed E-state index contributed by atoms with van der Waals surface area (Å²) in [5.74, 6) is 1.41. The van der Waals surface area contributed by atoms with Gasteiger partial charge in [-0.1, -0.05) is 6.92 Å². The van der Waals surface area contributed by atoms with Gasteiger partial charge >= 0.3 is 0 Å². The predicted octanol–water partition coefficient (Wildman–Crippen LogP) is 2.57. The lowest BCUT2D eigenvalue weighted by molar-refractivity contribution is -0.138. The van der Waals surface area contributed by atoms with Crippen LogP contribution in [-0.2, 0) is 4.79 Å². The monoisotopic (exact) mass is 234 g/mol. The van der Waals surface area contributed by atoms with Crippen LogP contribution in [0.15, 0.2) is 0 Å². The Bertz CT molecular complexity index is 313. The van der Waals surface area contributed by atoms with Crippen molar-refractivity contribution >= 4 is 5.91 Å². The highest BCUT2D eigenvalue weighted by Gasteiger charge is 2.30. The van der Waals surface area contributed by atoms with Gasteiger partial charge in [-0.15, -0.1) is 0 Å². The van der Waals surface area contributed by atoms with E-state index in [0.29, 0.717) is 12.5 Å². The van der Waals surface area contributed by atoms with Crippen molar-refractivity contribution in [3.8, 4) is 6.07 Å². The Hall–Kier alpha value is -1.04. The number of hydrogen-bond acceptors (Lipinski definition) is 2. The van der Waals surface area contributed by atoms with Gasteiger partial charge in [-0.25, -0.2) is 0 Å². The van der Waals surface area contributed by atoms with E-state index in [1.54, 1.807) is 0 Å². The molecule has 1 atom stereocenters. The Labute approximate surface area is 104 Å². The Kier molecular flexibility index (Phi) is 4.04. The molecule has 1 aliphatic heterocycles. The molecule has 1 saturated heterocycles. The lowest BCUT2D eigenvalue weighted by atomic mass is 9.82.